The summed E-state index contributed by atoms with van der Waals surface area (Å²) in [6.45, 7) is 0.607. The summed E-state index contributed by atoms with van der Waals surface area (Å²) in [5.74, 6) is -0.546. The first-order chi connectivity index (χ1) is 11.8. The lowest BCUT2D eigenvalue weighted by molar-refractivity contribution is -0.274. The van der Waals surface area contributed by atoms with Gasteiger partial charge in [-0.2, -0.15) is 5.10 Å². The predicted molar refractivity (Wildman–Crippen MR) is 84.0 cm³/mol. The van der Waals surface area contributed by atoms with Crippen molar-refractivity contribution in [2.75, 3.05) is 6.54 Å². The lowest BCUT2D eigenvalue weighted by atomic mass is 9.98. The Bertz CT molecular complexity index is 740. The fourth-order valence-electron chi connectivity index (χ4n) is 3.16. The van der Waals surface area contributed by atoms with E-state index in [1.54, 1.807) is 15.8 Å². The average molecular weight is 353 g/mol. The van der Waals surface area contributed by atoms with Crippen LogP contribution in [0, 0.1) is 0 Å². The van der Waals surface area contributed by atoms with Crippen molar-refractivity contribution in [2.24, 2.45) is 7.05 Å². The van der Waals surface area contributed by atoms with Gasteiger partial charge in [-0.3, -0.25) is 9.48 Å². The van der Waals surface area contributed by atoms with Gasteiger partial charge in [0.05, 0.1) is 11.7 Å². The van der Waals surface area contributed by atoms with Gasteiger partial charge < -0.3 is 9.64 Å². The lowest BCUT2D eigenvalue weighted by Crippen LogP contribution is -2.39. The van der Waals surface area contributed by atoms with E-state index in [2.05, 4.69) is 9.84 Å². The van der Waals surface area contributed by atoms with E-state index in [4.69, 9.17) is 0 Å². The minimum absolute atomic E-state index is 0.0835. The number of piperidine rings is 1. The van der Waals surface area contributed by atoms with Gasteiger partial charge in [0.25, 0.3) is 5.91 Å². The molecule has 1 saturated heterocycles. The fourth-order valence-corrected chi connectivity index (χ4v) is 3.16. The van der Waals surface area contributed by atoms with Crippen LogP contribution in [0.15, 0.2) is 36.5 Å². The molecule has 0 radical (unpaired) electrons. The van der Waals surface area contributed by atoms with Gasteiger partial charge in [0.2, 0.25) is 0 Å². The monoisotopic (exact) mass is 353 g/mol. The molecule has 0 N–H and O–H groups in total. The fraction of sp³-hybridized carbons (Fsp3) is 0.412. The number of ether oxygens (including phenoxy) is 1. The van der Waals surface area contributed by atoms with Crippen molar-refractivity contribution in [3.8, 4) is 5.75 Å². The minimum Gasteiger partial charge on any atom is -0.406 e. The summed E-state index contributed by atoms with van der Waals surface area (Å²) >= 11 is 0. The number of benzene rings is 1. The van der Waals surface area contributed by atoms with Crippen LogP contribution in [0.4, 0.5) is 13.2 Å². The maximum absolute atomic E-state index is 12.8. The number of alkyl halides is 3. The van der Waals surface area contributed by atoms with Crippen LogP contribution in [0.5, 0.6) is 5.75 Å². The molecule has 1 atom stereocenters. The number of aromatic nitrogens is 2. The molecule has 1 fully saturated rings. The number of hydrogen-bond acceptors (Lipinski definition) is 3. The molecule has 1 unspecified atom stereocenters. The summed E-state index contributed by atoms with van der Waals surface area (Å²) < 4.78 is 42.3. The molecule has 2 heterocycles. The molecular weight excluding hydrogens is 335 g/mol. The second-order valence-electron chi connectivity index (χ2n) is 5.96. The average Bonchev–Trinajstić information content (AvgIpc) is 2.99. The largest absolute Gasteiger partial charge is 0.573 e. The van der Waals surface area contributed by atoms with Crippen LogP contribution in [0.25, 0.3) is 0 Å². The van der Waals surface area contributed by atoms with E-state index in [0.717, 1.165) is 37.1 Å². The number of nitrogens with zero attached hydrogens (tertiary/aromatic N) is 3. The van der Waals surface area contributed by atoms with Crippen molar-refractivity contribution in [2.45, 2.75) is 31.7 Å². The molecule has 1 amide bonds. The number of rotatable bonds is 3. The van der Waals surface area contributed by atoms with Crippen LogP contribution >= 0.6 is 0 Å². The van der Waals surface area contributed by atoms with E-state index >= 15 is 0 Å². The number of halogens is 3. The molecule has 1 aliphatic heterocycles. The zero-order valence-electron chi connectivity index (χ0n) is 13.7. The van der Waals surface area contributed by atoms with Crippen molar-refractivity contribution < 1.29 is 22.7 Å². The van der Waals surface area contributed by atoms with Gasteiger partial charge in [0, 0.05) is 25.4 Å². The Morgan fingerprint density at radius 3 is 2.52 bits per heavy atom. The van der Waals surface area contributed by atoms with Gasteiger partial charge in [0.1, 0.15) is 5.75 Å². The van der Waals surface area contributed by atoms with E-state index < -0.39 is 6.36 Å². The highest BCUT2D eigenvalue weighted by Gasteiger charge is 2.32. The van der Waals surface area contributed by atoms with E-state index in [0.29, 0.717) is 12.1 Å². The maximum atomic E-state index is 12.8. The minimum atomic E-state index is -4.75. The second-order valence-corrected chi connectivity index (χ2v) is 5.96. The summed E-state index contributed by atoms with van der Waals surface area (Å²) in [5.41, 5.74) is 1.29. The number of hydrogen-bond donors (Lipinski definition) is 0. The van der Waals surface area contributed by atoms with Gasteiger partial charge in [-0.15, -0.1) is 13.2 Å². The van der Waals surface area contributed by atoms with Gasteiger partial charge in [0.15, 0.2) is 0 Å². The molecule has 0 spiro atoms. The third kappa shape index (κ3) is 3.94. The van der Waals surface area contributed by atoms with E-state index in [1.165, 1.54) is 12.1 Å². The van der Waals surface area contributed by atoms with E-state index in [9.17, 15) is 18.0 Å². The molecule has 0 bridgehead atoms. The van der Waals surface area contributed by atoms with Crippen molar-refractivity contribution in [3.63, 3.8) is 0 Å². The Labute approximate surface area is 143 Å². The van der Waals surface area contributed by atoms with Crippen molar-refractivity contribution in [3.05, 3.63) is 47.8 Å². The van der Waals surface area contributed by atoms with Crippen LogP contribution < -0.4 is 4.74 Å². The van der Waals surface area contributed by atoms with Gasteiger partial charge in [-0.1, -0.05) is 0 Å². The molecule has 0 saturated carbocycles. The number of carbonyl (C=O) groups is 1. The number of carbonyl (C=O) groups excluding carboxylic acids is 1. The Hall–Kier alpha value is -2.51. The summed E-state index contributed by atoms with van der Waals surface area (Å²) in [6.07, 6.45) is -0.313. The summed E-state index contributed by atoms with van der Waals surface area (Å²) in [7, 11) is 1.83. The van der Waals surface area contributed by atoms with Crippen LogP contribution in [0.2, 0.25) is 0 Å². The Morgan fingerprint density at radius 1 is 1.20 bits per heavy atom. The molecule has 1 aromatic heterocycles. The molecule has 1 aliphatic rings. The Kier molecular flexibility index (Phi) is 4.69. The normalized spacial score (nSPS) is 18.2. The lowest BCUT2D eigenvalue weighted by Gasteiger charge is -2.35. The van der Waals surface area contributed by atoms with Crippen molar-refractivity contribution >= 4 is 5.91 Å². The molecule has 1 aromatic carbocycles. The highest BCUT2D eigenvalue weighted by Crippen LogP contribution is 2.32. The standard InChI is InChI=1S/C17H18F3N3O2/c1-22-14(9-10-21-22)15-4-2-3-11-23(15)16(24)12-5-7-13(8-6-12)25-17(18,19)20/h5-10,15H,2-4,11H2,1H3. The first-order valence-electron chi connectivity index (χ1n) is 8.00. The summed E-state index contributed by atoms with van der Waals surface area (Å²) in [5, 5.41) is 4.16. The molecule has 3 rings (SSSR count). The molecule has 25 heavy (non-hydrogen) atoms. The van der Waals surface area contributed by atoms with Crippen LogP contribution in [-0.4, -0.2) is 33.5 Å². The van der Waals surface area contributed by atoms with E-state index in [-0.39, 0.29) is 17.7 Å². The number of amides is 1. The predicted octanol–water partition coefficient (Wildman–Crippen LogP) is 3.69. The first kappa shape index (κ1) is 17.3. The Balaban J connectivity index is 1.79. The highest BCUT2D eigenvalue weighted by molar-refractivity contribution is 5.94. The van der Waals surface area contributed by atoms with Gasteiger partial charge >= 0.3 is 6.36 Å². The molecule has 134 valence electrons. The molecule has 0 aliphatic carbocycles. The smallest absolute Gasteiger partial charge is 0.406 e. The molecule has 5 nitrogen and oxygen atoms in total. The maximum Gasteiger partial charge on any atom is 0.573 e. The summed E-state index contributed by atoms with van der Waals surface area (Å²) in [4.78, 5) is 14.6. The van der Waals surface area contributed by atoms with Crippen LogP contribution in [-0.2, 0) is 7.05 Å². The summed E-state index contributed by atoms with van der Waals surface area (Å²) in [6, 6.07) is 6.83. The molecular formula is C17H18F3N3O2. The SMILES string of the molecule is Cn1nccc1C1CCCCN1C(=O)c1ccc(OC(F)(F)F)cc1. The van der Waals surface area contributed by atoms with Crippen molar-refractivity contribution in [1.82, 2.24) is 14.7 Å². The molecule has 2 aromatic rings. The van der Waals surface area contributed by atoms with Crippen LogP contribution in [0.3, 0.4) is 0 Å². The number of likely N-dealkylation sites (tertiary alicyclic amines) is 1. The molecule has 8 heteroatoms. The Morgan fingerprint density at radius 2 is 1.92 bits per heavy atom. The topological polar surface area (TPSA) is 47.4 Å². The zero-order chi connectivity index (χ0) is 18.0. The van der Waals surface area contributed by atoms with Crippen LogP contribution in [0.1, 0.15) is 41.4 Å². The highest BCUT2D eigenvalue weighted by atomic mass is 19.4. The zero-order valence-corrected chi connectivity index (χ0v) is 13.7. The second kappa shape index (κ2) is 6.78. The van der Waals surface area contributed by atoms with E-state index in [1.807, 2.05) is 13.1 Å². The quantitative estimate of drug-likeness (QED) is 0.846. The number of aryl methyl sites for hydroxylation is 1. The van der Waals surface area contributed by atoms with Crippen molar-refractivity contribution in [1.29, 1.82) is 0 Å². The van der Waals surface area contributed by atoms with Gasteiger partial charge in [-0.05, 0) is 49.6 Å². The third-order valence-electron chi connectivity index (χ3n) is 4.30. The first-order valence-corrected chi connectivity index (χ1v) is 8.00. The van der Waals surface area contributed by atoms with Gasteiger partial charge in [-0.25, -0.2) is 0 Å². The third-order valence-corrected chi connectivity index (χ3v) is 4.30.